The molecule has 2 saturated heterocycles. The molecule has 2 aromatic rings. The minimum atomic E-state index is -0.987. The van der Waals surface area contributed by atoms with Gasteiger partial charge in [0, 0.05) is 25.0 Å². The summed E-state index contributed by atoms with van der Waals surface area (Å²) in [5, 5.41) is 17.4. The van der Waals surface area contributed by atoms with Crippen molar-refractivity contribution in [1.82, 2.24) is 24.8 Å². The molecule has 0 spiro atoms. The van der Waals surface area contributed by atoms with Gasteiger partial charge in [0.25, 0.3) is 5.91 Å². The summed E-state index contributed by atoms with van der Waals surface area (Å²) in [6.07, 6.45) is 2.54. The van der Waals surface area contributed by atoms with E-state index in [9.17, 15) is 19.1 Å². The Morgan fingerprint density at radius 2 is 1.93 bits per heavy atom. The molecule has 2 fully saturated rings. The van der Waals surface area contributed by atoms with Gasteiger partial charge in [0.05, 0.1) is 24.0 Å². The number of rotatable bonds is 2. The predicted octanol–water partition coefficient (Wildman–Crippen LogP) is 2.65. The highest BCUT2D eigenvalue weighted by Crippen LogP contribution is 2.55. The molecule has 4 rings (SSSR count). The summed E-state index contributed by atoms with van der Waals surface area (Å²) in [5.41, 5.74) is -0.114. The molecule has 1 aromatic carbocycles. The van der Waals surface area contributed by atoms with Gasteiger partial charge >= 0.3 is 6.09 Å². The first-order chi connectivity index (χ1) is 13.7. The van der Waals surface area contributed by atoms with Crippen molar-refractivity contribution in [2.75, 3.05) is 19.6 Å². The van der Waals surface area contributed by atoms with Gasteiger partial charge in [-0.25, -0.2) is 9.18 Å². The van der Waals surface area contributed by atoms with E-state index in [1.54, 1.807) is 11.0 Å². The van der Waals surface area contributed by atoms with Gasteiger partial charge in [0.2, 0.25) is 0 Å². The number of carboxylic acid groups (broad SMARTS) is 1. The lowest BCUT2D eigenvalue weighted by Gasteiger charge is -2.66. The maximum absolute atomic E-state index is 14.6. The molecular weight excluding hydrogens is 377 g/mol. The summed E-state index contributed by atoms with van der Waals surface area (Å²) in [6.45, 7) is 7.59. The summed E-state index contributed by atoms with van der Waals surface area (Å²) in [6, 6.07) is 4.04. The van der Waals surface area contributed by atoms with Crippen molar-refractivity contribution < 1.29 is 19.1 Å². The van der Waals surface area contributed by atoms with Crippen molar-refractivity contribution >= 4 is 12.0 Å². The Kier molecular flexibility index (Phi) is 4.36. The van der Waals surface area contributed by atoms with Crippen molar-refractivity contribution in [2.45, 2.75) is 33.2 Å². The Morgan fingerprint density at radius 1 is 1.24 bits per heavy atom. The van der Waals surface area contributed by atoms with Gasteiger partial charge in [-0.15, -0.1) is 4.80 Å². The normalized spacial score (nSPS) is 24.1. The van der Waals surface area contributed by atoms with E-state index < -0.39 is 11.9 Å². The van der Waals surface area contributed by atoms with Gasteiger partial charge in [-0.05, 0) is 24.0 Å². The van der Waals surface area contributed by atoms with Crippen molar-refractivity contribution in [3.05, 3.63) is 42.0 Å². The van der Waals surface area contributed by atoms with Crippen molar-refractivity contribution in [2.24, 2.45) is 10.8 Å². The van der Waals surface area contributed by atoms with Gasteiger partial charge in [-0.3, -0.25) is 4.79 Å². The van der Waals surface area contributed by atoms with Crippen LogP contribution in [0.2, 0.25) is 0 Å². The van der Waals surface area contributed by atoms with Crippen LogP contribution in [0.15, 0.2) is 30.6 Å². The largest absolute Gasteiger partial charge is 0.465 e. The number of piperidine rings is 1. The van der Waals surface area contributed by atoms with Crippen LogP contribution in [-0.4, -0.2) is 67.6 Å². The number of carbonyl (C=O) groups excluding carboxylic acids is 1. The Balaban J connectivity index is 1.70. The van der Waals surface area contributed by atoms with E-state index in [0.29, 0.717) is 19.5 Å². The monoisotopic (exact) mass is 401 g/mol. The number of benzene rings is 1. The SMILES string of the molecule is CC(C)(C)C12CCN(C(=O)O)C[C@H]1N(C(=O)c1cccc(F)c1-n1nccn1)C2. The number of carbonyl (C=O) groups is 2. The van der Waals surface area contributed by atoms with Crippen LogP contribution in [-0.2, 0) is 0 Å². The molecule has 1 N–H and O–H groups in total. The molecule has 2 aliphatic rings. The molecule has 2 amide bonds. The first-order valence-corrected chi connectivity index (χ1v) is 9.60. The number of amides is 2. The third kappa shape index (κ3) is 2.87. The van der Waals surface area contributed by atoms with Crippen LogP contribution in [0.1, 0.15) is 37.6 Å². The number of hydrogen-bond acceptors (Lipinski definition) is 4. The summed E-state index contributed by atoms with van der Waals surface area (Å²) < 4.78 is 14.6. The minimum Gasteiger partial charge on any atom is -0.465 e. The van der Waals surface area contributed by atoms with Crippen molar-refractivity contribution in [3.8, 4) is 5.69 Å². The standard InChI is InChI=1S/C20H24FN5O3/c1-19(2,3)20-7-10-24(18(28)29)11-15(20)25(12-20)17(27)13-5-4-6-14(21)16(13)26-22-8-9-23-26/h4-6,8-9,15H,7,10-12H2,1-3H3,(H,28,29)/t15-,20?/m1/s1. The summed E-state index contributed by atoms with van der Waals surface area (Å²) in [4.78, 5) is 29.1. The molecule has 154 valence electrons. The first-order valence-electron chi connectivity index (χ1n) is 9.60. The molecule has 8 nitrogen and oxygen atoms in total. The van der Waals surface area contributed by atoms with Gasteiger partial charge in [-0.1, -0.05) is 26.8 Å². The number of fused-ring (bicyclic) bond motifs is 1. The molecule has 1 unspecified atom stereocenters. The van der Waals surface area contributed by atoms with Crippen LogP contribution in [0.4, 0.5) is 9.18 Å². The predicted molar refractivity (Wildman–Crippen MR) is 102 cm³/mol. The Morgan fingerprint density at radius 3 is 2.55 bits per heavy atom. The Bertz CT molecular complexity index is 956. The van der Waals surface area contributed by atoms with E-state index in [1.807, 2.05) is 0 Å². The molecule has 0 aliphatic carbocycles. The molecule has 0 bridgehead atoms. The summed E-state index contributed by atoms with van der Waals surface area (Å²) >= 11 is 0. The van der Waals surface area contributed by atoms with Crippen LogP contribution in [0.3, 0.4) is 0 Å². The number of aromatic nitrogens is 3. The molecule has 3 heterocycles. The quantitative estimate of drug-likeness (QED) is 0.835. The van der Waals surface area contributed by atoms with Crippen LogP contribution in [0.25, 0.3) is 5.69 Å². The van der Waals surface area contributed by atoms with Gasteiger partial charge in [-0.2, -0.15) is 10.2 Å². The Labute approximate surface area is 167 Å². The maximum Gasteiger partial charge on any atom is 0.407 e. The number of nitrogens with zero attached hydrogens (tertiary/aromatic N) is 5. The third-order valence-electron chi connectivity index (χ3n) is 6.55. The zero-order chi connectivity index (χ0) is 21.0. The zero-order valence-corrected chi connectivity index (χ0v) is 16.7. The van der Waals surface area contributed by atoms with E-state index >= 15 is 0 Å². The van der Waals surface area contributed by atoms with Crippen LogP contribution in [0, 0.1) is 16.6 Å². The average molecular weight is 401 g/mol. The molecule has 2 atom stereocenters. The van der Waals surface area contributed by atoms with E-state index in [-0.39, 0.29) is 40.6 Å². The second-order valence-corrected chi connectivity index (χ2v) is 8.79. The minimum absolute atomic E-state index is 0.00154. The fourth-order valence-electron chi connectivity index (χ4n) is 4.74. The van der Waals surface area contributed by atoms with Gasteiger partial charge in [0.15, 0.2) is 5.82 Å². The summed E-state index contributed by atoms with van der Waals surface area (Å²) in [7, 11) is 0. The molecule has 0 saturated carbocycles. The second kappa shape index (κ2) is 6.53. The van der Waals surface area contributed by atoms with E-state index in [1.165, 1.54) is 29.4 Å². The van der Waals surface area contributed by atoms with E-state index in [2.05, 4.69) is 31.0 Å². The zero-order valence-electron chi connectivity index (χ0n) is 16.7. The van der Waals surface area contributed by atoms with E-state index in [0.717, 1.165) is 4.80 Å². The highest BCUT2D eigenvalue weighted by atomic mass is 19.1. The highest BCUT2D eigenvalue weighted by molar-refractivity contribution is 5.98. The molecule has 9 heteroatoms. The fraction of sp³-hybridized carbons (Fsp3) is 0.500. The second-order valence-electron chi connectivity index (χ2n) is 8.79. The topological polar surface area (TPSA) is 91.6 Å². The van der Waals surface area contributed by atoms with E-state index in [4.69, 9.17) is 0 Å². The number of para-hydroxylation sites is 1. The van der Waals surface area contributed by atoms with Crippen LogP contribution < -0.4 is 0 Å². The molecule has 0 radical (unpaired) electrons. The lowest BCUT2D eigenvalue weighted by atomic mass is 9.53. The smallest absolute Gasteiger partial charge is 0.407 e. The lowest BCUT2D eigenvalue weighted by molar-refractivity contribution is -0.152. The first kappa shape index (κ1) is 19.4. The van der Waals surface area contributed by atoms with Gasteiger partial charge in [0.1, 0.15) is 5.69 Å². The van der Waals surface area contributed by atoms with Crippen LogP contribution >= 0.6 is 0 Å². The third-order valence-corrected chi connectivity index (χ3v) is 6.55. The number of likely N-dealkylation sites (tertiary alicyclic amines) is 2. The Hall–Kier alpha value is -2.97. The molecule has 1 aromatic heterocycles. The lowest BCUT2D eigenvalue weighted by Crippen LogP contribution is -2.76. The van der Waals surface area contributed by atoms with Crippen molar-refractivity contribution in [1.29, 1.82) is 0 Å². The average Bonchev–Trinajstić information content (AvgIpc) is 3.15. The highest BCUT2D eigenvalue weighted by Gasteiger charge is 2.62. The van der Waals surface area contributed by atoms with Crippen molar-refractivity contribution in [3.63, 3.8) is 0 Å². The summed E-state index contributed by atoms with van der Waals surface area (Å²) in [5.74, 6) is -0.931. The van der Waals surface area contributed by atoms with Crippen LogP contribution in [0.5, 0.6) is 0 Å². The fourth-order valence-corrected chi connectivity index (χ4v) is 4.74. The van der Waals surface area contributed by atoms with Gasteiger partial charge < -0.3 is 14.9 Å². The number of hydrogen-bond donors (Lipinski definition) is 1. The maximum atomic E-state index is 14.6. The number of halogens is 1. The molecular formula is C20H24FN5O3. The molecule has 2 aliphatic heterocycles. The molecule has 29 heavy (non-hydrogen) atoms.